The monoisotopic (exact) mass is 941 g/mol. The number of nitrogens with one attached hydrogen (secondary N) is 4. The summed E-state index contributed by atoms with van der Waals surface area (Å²) < 4.78 is 34.3. The Kier molecular flexibility index (Phi) is 22.0. The molecule has 9 N–H and O–H groups in total. The highest BCUT2D eigenvalue weighted by Gasteiger charge is 2.47. The van der Waals surface area contributed by atoms with Crippen LogP contribution in [0.4, 0.5) is 0 Å². The molecule has 12 atom stereocenters. The molecule has 0 aliphatic carbocycles. The van der Waals surface area contributed by atoms with E-state index in [9.17, 15) is 53.4 Å². The molecule has 3 aliphatic heterocycles. The van der Waals surface area contributed by atoms with E-state index in [-0.39, 0.29) is 35.2 Å². The molecular formula is C41H63N7O18. The maximum absolute atomic E-state index is 12.0. The number of carbonyl (C=O) groups is 3. The van der Waals surface area contributed by atoms with Gasteiger partial charge in [0.15, 0.2) is 24.7 Å². The fourth-order valence-electron chi connectivity index (χ4n) is 6.95. The minimum atomic E-state index is -1.36. The van der Waals surface area contributed by atoms with Crippen LogP contribution in [0, 0.1) is 32.6 Å². The van der Waals surface area contributed by atoms with Crippen LogP contribution in [-0.4, -0.2) is 125 Å². The fourth-order valence-corrected chi connectivity index (χ4v) is 6.95. The number of ether oxygens (including phenoxy) is 6. The predicted octanol–water partition coefficient (Wildman–Crippen LogP) is -1.62. The third-order valence-electron chi connectivity index (χ3n) is 10.4. The predicted molar refractivity (Wildman–Crippen MR) is 232 cm³/mol. The number of esters is 3. The van der Waals surface area contributed by atoms with Gasteiger partial charge < -0.3 is 54.5 Å². The van der Waals surface area contributed by atoms with Crippen molar-refractivity contribution in [3.05, 3.63) is 97.8 Å². The van der Waals surface area contributed by atoms with E-state index in [4.69, 9.17) is 33.5 Å². The van der Waals surface area contributed by atoms with Crippen LogP contribution in [0.2, 0.25) is 0 Å². The van der Waals surface area contributed by atoms with Gasteiger partial charge in [-0.2, -0.15) is 0 Å². The van der Waals surface area contributed by atoms with E-state index in [1.54, 1.807) is 13.8 Å². The van der Waals surface area contributed by atoms with Crippen molar-refractivity contribution in [1.29, 1.82) is 0 Å². The lowest BCUT2D eigenvalue weighted by Gasteiger charge is -2.22. The smallest absolute Gasteiger partial charge is 0.330 e. The van der Waals surface area contributed by atoms with Crippen LogP contribution in [0.1, 0.15) is 90.5 Å². The Balaban J connectivity index is 0.000000308. The van der Waals surface area contributed by atoms with Crippen molar-refractivity contribution in [2.45, 2.75) is 144 Å². The van der Waals surface area contributed by atoms with Crippen molar-refractivity contribution >= 4 is 17.9 Å². The standard InChI is InChI=1S/C14H20N2O5.C11H18O5.C10H14N2O6.C5H6N2O2.CH5N/c1-5-10-8(3)11(20-9(4)17)13(21-10)16-6-7(2)12(18)15-14(16)19;1-5-9-6(2)10(14-7(3)12)11(16-9)15-8(4)13;1-4-2-12(10(17)11-8(4)16)9-7(15)6(14)5(3-13)18-9;1-3-2-6-5(9)7-4(3)8;1-2/h6,8,10-11,13H,5H2,1-4H3,(H,15,18,19);6,9-11H,5H2,1-4H3;2,5-7,9,13-15H,3H2,1H3,(H,11,16,17);2H,1H3,(H2,6,7,8,9);2H2,1H3/t8?,10-,11+,13-;6?,9-,10+,11?;5-,6?,7+,9-;;/m111../s1. The highest BCUT2D eigenvalue weighted by Crippen LogP contribution is 2.37. The Morgan fingerprint density at radius 3 is 1.48 bits per heavy atom. The Hall–Kier alpha value is -5.83. The second kappa shape index (κ2) is 25.8. The van der Waals surface area contributed by atoms with E-state index in [0.717, 1.165) is 17.4 Å². The van der Waals surface area contributed by atoms with Crippen molar-refractivity contribution in [2.24, 2.45) is 17.6 Å². The second-order valence-electron chi connectivity index (χ2n) is 15.3. The molecule has 66 heavy (non-hydrogen) atoms. The number of aliphatic hydroxyl groups excluding tert-OH is 3. The van der Waals surface area contributed by atoms with Gasteiger partial charge in [0.25, 0.3) is 16.7 Å². The minimum absolute atomic E-state index is 0.0262. The van der Waals surface area contributed by atoms with Crippen LogP contribution < -0.4 is 39.5 Å². The van der Waals surface area contributed by atoms with Crippen LogP contribution in [0.3, 0.4) is 0 Å². The van der Waals surface area contributed by atoms with Crippen molar-refractivity contribution in [2.75, 3.05) is 13.7 Å². The van der Waals surface area contributed by atoms with Gasteiger partial charge in [-0.3, -0.25) is 52.9 Å². The zero-order valence-electron chi connectivity index (χ0n) is 38.7. The number of H-pyrrole nitrogens is 4. The molecule has 0 amide bonds. The highest BCUT2D eigenvalue weighted by molar-refractivity contribution is 5.67. The minimum Gasteiger partial charge on any atom is -0.457 e. The summed E-state index contributed by atoms with van der Waals surface area (Å²) in [4.78, 5) is 109. The van der Waals surface area contributed by atoms with E-state index in [2.05, 4.69) is 25.7 Å². The molecule has 0 spiro atoms. The second-order valence-corrected chi connectivity index (χ2v) is 15.3. The van der Waals surface area contributed by atoms with Crippen molar-refractivity contribution in [1.82, 2.24) is 29.1 Å². The van der Waals surface area contributed by atoms with Crippen molar-refractivity contribution in [3.63, 3.8) is 0 Å². The highest BCUT2D eigenvalue weighted by atomic mass is 16.7. The number of aliphatic hydroxyl groups is 3. The molecule has 3 fully saturated rings. The number of nitrogens with two attached hydrogens (primary N) is 1. The molecular weight excluding hydrogens is 878 g/mol. The Morgan fingerprint density at radius 2 is 1.06 bits per heavy atom. The quantitative estimate of drug-likeness (QED) is 0.0929. The van der Waals surface area contributed by atoms with Crippen LogP contribution in [-0.2, 0) is 42.8 Å². The molecule has 3 saturated heterocycles. The zero-order chi connectivity index (χ0) is 50.3. The average Bonchev–Trinajstić information content (AvgIpc) is 3.84. The summed E-state index contributed by atoms with van der Waals surface area (Å²) in [5, 5.41) is 28.3. The Morgan fingerprint density at radius 1 is 0.636 bits per heavy atom. The van der Waals surface area contributed by atoms with Gasteiger partial charge in [-0.15, -0.1) is 0 Å². The van der Waals surface area contributed by atoms with E-state index < -0.39 is 102 Å². The van der Waals surface area contributed by atoms with E-state index in [1.165, 1.54) is 57.9 Å². The first-order valence-electron chi connectivity index (χ1n) is 20.9. The molecule has 3 aliphatic rings. The maximum atomic E-state index is 12.0. The van der Waals surface area contributed by atoms with Crippen LogP contribution >= 0.6 is 0 Å². The molecule has 6 rings (SSSR count). The summed E-state index contributed by atoms with van der Waals surface area (Å²) in [6, 6.07) is 0. The largest absolute Gasteiger partial charge is 0.457 e. The molecule has 25 nitrogen and oxygen atoms in total. The van der Waals surface area contributed by atoms with Crippen LogP contribution in [0.25, 0.3) is 0 Å². The molecule has 3 aromatic heterocycles. The first kappa shape index (κ1) is 56.3. The summed E-state index contributed by atoms with van der Waals surface area (Å²) in [6.07, 6.45) is -1.90. The summed E-state index contributed by atoms with van der Waals surface area (Å²) in [7, 11) is 1.50. The van der Waals surface area contributed by atoms with Crippen LogP contribution in [0.5, 0.6) is 0 Å². The topological polar surface area (TPSA) is 369 Å². The van der Waals surface area contributed by atoms with E-state index in [1.807, 2.05) is 27.7 Å². The summed E-state index contributed by atoms with van der Waals surface area (Å²) in [6.45, 7) is 16.0. The van der Waals surface area contributed by atoms with Gasteiger partial charge >= 0.3 is 35.0 Å². The van der Waals surface area contributed by atoms with Gasteiger partial charge in [-0.05, 0) is 40.7 Å². The number of aromatic nitrogens is 6. The van der Waals surface area contributed by atoms with E-state index >= 15 is 0 Å². The molecule has 6 heterocycles. The number of hydrogen-bond acceptors (Lipinski definition) is 19. The first-order valence-corrected chi connectivity index (χ1v) is 20.9. The normalized spacial score (nSPS) is 27.3. The van der Waals surface area contributed by atoms with Gasteiger partial charge in [-0.25, -0.2) is 14.4 Å². The zero-order valence-corrected chi connectivity index (χ0v) is 38.7. The number of rotatable bonds is 8. The molecule has 0 aromatic carbocycles. The first-order chi connectivity index (χ1) is 30.9. The number of carbonyl (C=O) groups excluding carboxylic acids is 3. The van der Waals surface area contributed by atoms with Gasteiger partial charge in [0.1, 0.15) is 18.3 Å². The fraction of sp³-hybridized carbons (Fsp3) is 0.634. The number of nitrogens with zero attached hydrogens (tertiary/aromatic N) is 2. The molecule has 370 valence electrons. The third kappa shape index (κ3) is 14.8. The van der Waals surface area contributed by atoms with E-state index in [0.29, 0.717) is 11.1 Å². The summed E-state index contributed by atoms with van der Waals surface area (Å²) >= 11 is 0. The summed E-state index contributed by atoms with van der Waals surface area (Å²) in [5.41, 5.74) is 2.59. The number of hydrogen-bond donors (Lipinski definition) is 8. The third-order valence-corrected chi connectivity index (χ3v) is 10.4. The Labute approximate surface area is 377 Å². The van der Waals surface area contributed by atoms with Crippen molar-refractivity contribution in [3.8, 4) is 0 Å². The molecule has 0 saturated carbocycles. The molecule has 4 unspecified atom stereocenters. The lowest BCUT2D eigenvalue weighted by Crippen LogP contribution is -2.38. The van der Waals surface area contributed by atoms with Crippen LogP contribution in [0.15, 0.2) is 47.4 Å². The number of aryl methyl sites for hydroxylation is 3. The lowest BCUT2D eigenvalue weighted by atomic mass is 9.98. The number of aromatic amines is 4. The average molecular weight is 942 g/mol. The Bertz CT molecular complexity index is 2440. The lowest BCUT2D eigenvalue weighted by molar-refractivity contribution is -0.194. The van der Waals surface area contributed by atoms with Gasteiger partial charge in [0, 0.05) is 67.9 Å². The molecule has 0 radical (unpaired) electrons. The SMILES string of the molecule is CC[C@H]1OC(OC(C)=O)[C@@H](OC(C)=O)C1C.CC[C@H]1O[C@@H](n2cc(C)c(=O)[nH]c2=O)[C@@H](OC(C)=O)C1C.CN.Cc1c[nH]c(=O)[nH]c1=O.Cc1cn([C@@H]2O[C@H](CO)C(O)[C@@H]2O)c(=O)[nH]c1=O. The molecule has 25 heteroatoms. The van der Waals surface area contributed by atoms with Gasteiger partial charge in [0.2, 0.25) is 6.29 Å². The molecule has 0 bridgehead atoms. The van der Waals surface area contributed by atoms with Gasteiger partial charge in [-0.1, -0.05) is 27.7 Å². The molecule has 3 aromatic rings. The van der Waals surface area contributed by atoms with Crippen molar-refractivity contribution < 1.29 is 58.1 Å². The summed E-state index contributed by atoms with van der Waals surface area (Å²) in [5.74, 6) is -1.27. The maximum Gasteiger partial charge on any atom is 0.330 e. The van der Waals surface area contributed by atoms with Gasteiger partial charge in [0.05, 0.1) is 18.8 Å².